The highest BCUT2D eigenvalue weighted by Crippen LogP contribution is 2.28. The van der Waals surface area contributed by atoms with Crippen LogP contribution in [0.25, 0.3) is 0 Å². The number of benzene rings is 1. The summed E-state index contributed by atoms with van der Waals surface area (Å²) in [6.45, 7) is 3.88. The second kappa shape index (κ2) is 6.28. The fourth-order valence-electron chi connectivity index (χ4n) is 2.26. The Bertz CT molecular complexity index is 631. The summed E-state index contributed by atoms with van der Waals surface area (Å²) in [5, 5.41) is 3.21. The van der Waals surface area contributed by atoms with E-state index in [9.17, 15) is 17.2 Å². The molecule has 0 radical (unpaired) electrons. The Hall–Kier alpha value is -0.570. The number of sulfonamides is 1. The van der Waals surface area contributed by atoms with Crippen LogP contribution in [0.4, 0.5) is 8.78 Å². The predicted octanol–water partition coefficient (Wildman–Crippen LogP) is 2.40. The maximum Gasteiger partial charge on any atom is 0.243 e. The molecule has 0 atom stereocenters. The molecular weight excluding hydrogens is 366 g/mol. The van der Waals surface area contributed by atoms with E-state index in [0.29, 0.717) is 6.07 Å². The lowest BCUT2D eigenvalue weighted by molar-refractivity contribution is 0.232. The van der Waals surface area contributed by atoms with Gasteiger partial charge in [-0.2, -0.15) is 0 Å². The molecule has 8 heteroatoms. The van der Waals surface area contributed by atoms with Crippen LogP contribution in [0.5, 0.6) is 0 Å². The van der Waals surface area contributed by atoms with E-state index in [1.165, 1.54) is 0 Å². The highest BCUT2D eigenvalue weighted by molar-refractivity contribution is 9.10. The zero-order chi connectivity index (χ0) is 15.7. The van der Waals surface area contributed by atoms with Crippen molar-refractivity contribution in [3.8, 4) is 0 Å². The van der Waals surface area contributed by atoms with Gasteiger partial charge in [0.15, 0.2) is 0 Å². The van der Waals surface area contributed by atoms with E-state index in [0.717, 1.165) is 32.0 Å². The number of hydrogen-bond acceptors (Lipinski definition) is 3. The molecule has 1 heterocycles. The fraction of sp³-hybridized carbons (Fsp3) is 0.538. The van der Waals surface area contributed by atoms with Crippen LogP contribution < -0.4 is 10.0 Å². The van der Waals surface area contributed by atoms with E-state index >= 15 is 0 Å². The molecule has 0 amide bonds. The number of halogens is 3. The molecule has 0 aliphatic carbocycles. The molecule has 21 heavy (non-hydrogen) atoms. The molecule has 0 saturated carbocycles. The second-order valence-electron chi connectivity index (χ2n) is 5.58. The van der Waals surface area contributed by atoms with Crippen molar-refractivity contribution in [1.29, 1.82) is 0 Å². The zero-order valence-electron chi connectivity index (χ0n) is 11.5. The van der Waals surface area contributed by atoms with Crippen LogP contribution in [0.2, 0.25) is 0 Å². The van der Waals surface area contributed by atoms with Gasteiger partial charge in [0.05, 0.1) is 4.47 Å². The first-order chi connectivity index (χ1) is 9.73. The van der Waals surface area contributed by atoms with Crippen LogP contribution in [0.1, 0.15) is 19.8 Å². The van der Waals surface area contributed by atoms with Crippen molar-refractivity contribution >= 4 is 26.0 Å². The van der Waals surface area contributed by atoms with Crippen molar-refractivity contribution in [3.63, 3.8) is 0 Å². The Labute approximate surface area is 131 Å². The summed E-state index contributed by atoms with van der Waals surface area (Å²) in [6, 6.07) is 1.50. The van der Waals surface area contributed by atoms with Crippen molar-refractivity contribution < 1.29 is 17.2 Å². The highest BCUT2D eigenvalue weighted by atomic mass is 79.9. The first kappa shape index (κ1) is 16.8. The third kappa shape index (κ3) is 4.00. The minimum atomic E-state index is -4.01. The largest absolute Gasteiger partial charge is 0.317 e. The Morgan fingerprint density at radius 2 is 1.90 bits per heavy atom. The summed E-state index contributed by atoms with van der Waals surface area (Å²) < 4.78 is 53.6. The molecule has 2 rings (SSSR count). The summed E-state index contributed by atoms with van der Waals surface area (Å²) in [4.78, 5) is -0.548. The molecule has 1 aliphatic rings. The van der Waals surface area contributed by atoms with E-state index in [2.05, 4.69) is 26.0 Å². The van der Waals surface area contributed by atoms with Crippen LogP contribution >= 0.6 is 15.9 Å². The Morgan fingerprint density at radius 1 is 1.29 bits per heavy atom. The van der Waals surface area contributed by atoms with Gasteiger partial charge in [0.1, 0.15) is 16.5 Å². The van der Waals surface area contributed by atoms with Crippen LogP contribution in [0.15, 0.2) is 21.5 Å². The Morgan fingerprint density at radius 3 is 2.52 bits per heavy atom. The molecule has 1 aromatic rings. The summed E-state index contributed by atoms with van der Waals surface area (Å²) in [5.41, 5.74) is -0.161. The molecule has 0 spiro atoms. The molecule has 1 saturated heterocycles. The van der Waals surface area contributed by atoms with Crippen molar-refractivity contribution in [3.05, 3.63) is 28.2 Å². The van der Waals surface area contributed by atoms with E-state index in [-0.39, 0.29) is 16.4 Å². The Kier molecular flexibility index (Phi) is 5.02. The van der Waals surface area contributed by atoms with Gasteiger partial charge in [-0.05, 0) is 53.3 Å². The number of rotatable bonds is 4. The maximum atomic E-state index is 13.7. The van der Waals surface area contributed by atoms with Gasteiger partial charge < -0.3 is 5.32 Å². The molecule has 2 N–H and O–H groups in total. The van der Waals surface area contributed by atoms with Gasteiger partial charge >= 0.3 is 0 Å². The van der Waals surface area contributed by atoms with Crippen LogP contribution in [0, 0.1) is 17.0 Å². The average molecular weight is 383 g/mol. The van der Waals surface area contributed by atoms with Crippen molar-refractivity contribution in [2.24, 2.45) is 5.41 Å². The topological polar surface area (TPSA) is 58.2 Å². The zero-order valence-corrected chi connectivity index (χ0v) is 14.0. The molecule has 4 nitrogen and oxygen atoms in total. The quantitative estimate of drug-likeness (QED) is 0.786. The van der Waals surface area contributed by atoms with E-state index in [1.54, 1.807) is 0 Å². The van der Waals surface area contributed by atoms with Gasteiger partial charge in [-0.15, -0.1) is 0 Å². The van der Waals surface area contributed by atoms with Crippen molar-refractivity contribution in [1.82, 2.24) is 10.0 Å². The van der Waals surface area contributed by atoms with Gasteiger partial charge in [-0.1, -0.05) is 6.92 Å². The lowest BCUT2D eigenvalue weighted by Gasteiger charge is -2.34. The first-order valence-corrected chi connectivity index (χ1v) is 8.86. The maximum absolute atomic E-state index is 13.7. The third-order valence-electron chi connectivity index (χ3n) is 3.76. The molecular formula is C13H17BrF2N2O2S. The summed E-state index contributed by atoms with van der Waals surface area (Å²) >= 11 is 2.87. The van der Waals surface area contributed by atoms with Crippen molar-refractivity contribution in [2.75, 3.05) is 19.6 Å². The summed E-state index contributed by atoms with van der Waals surface area (Å²) in [7, 11) is -4.01. The minimum absolute atomic E-state index is 0.0858. The van der Waals surface area contributed by atoms with Crippen molar-refractivity contribution in [2.45, 2.75) is 24.7 Å². The molecule has 0 bridgehead atoms. The van der Waals surface area contributed by atoms with Gasteiger partial charge in [-0.3, -0.25) is 0 Å². The number of nitrogens with one attached hydrogen (secondary N) is 2. The SMILES string of the molecule is CC1(CNS(=O)(=O)c2cc(Br)c(F)cc2F)CCNCC1. The van der Waals surface area contributed by atoms with E-state index in [4.69, 9.17) is 0 Å². The molecule has 0 unspecified atom stereocenters. The average Bonchev–Trinajstić information content (AvgIpc) is 2.42. The molecule has 0 aromatic heterocycles. The number of hydrogen-bond donors (Lipinski definition) is 2. The standard InChI is InChI=1S/C13H17BrF2N2O2S/c1-13(2-4-17-5-3-13)8-18-21(19,20)12-6-9(14)10(15)7-11(12)16/h6-7,17-18H,2-5,8H2,1H3. The van der Waals surface area contributed by atoms with Gasteiger partial charge in [0.2, 0.25) is 10.0 Å². The fourth-order valence-corrected chi connectivity index (χ4v) is 4.04. The lowest BCUT2D eigenvalue weighted by Crippen LogP contribution is -2.43. The monoisotopic (exact) mass is 382 g/mol. The normalized spacial score (nSPS) is 18.7. The van der Waals surface area contributed by atoms with Gasteiger partial charge in [0, 0.05) is 12.6 Å². The number of piperidine rings is 1. The molecule has 1 fully saturated rings. The van der Waals surface area contributed by atoms with Gasteiger partial charge in [-0.25, -0.2) is 21.9 Å². The van der Waals surface area contributed by atoms with E-state index in [1.807, 2.05) is 6.92 Å². The van der Waals surface area contributed by atoms with E-state index < -0.39 is 26.6 Å². The molecule has 1 aromatic carbocycles. The molecule has 1 aliphatic heterocycles. The molecule has 118 valence electrons. The Balaban J connectivity index is 2.17. The van der Waals surface area contributed by atoms with Crippen LogP contribution in [-0.4, -0.2) is 28.1 Å². The summed E-state index contributed by atoms with van der Waals surface area (Å²) in [5.74, 6) is -1.93. The smallest absolute Gasteiger partial charge is 0.243 e. The van der Waals surface area contributed by atoms with Crippen LogP contribution in [-0.2, 0) is 10.0 Å². The first-order valence-electron chi connectivity index (χ1n) is 6.58. The summed E-state index contributed by atoms with van der Waals surface area (Å²) in [6.07, 6.45) is 1.68. The second-order valence-corrected chi connectivity index (χ2v) is 8.17. The minimum Gasteiger partial charge on any atom is -0.317 e. The highest BCUT2D eigenvalue weighted by Gasteiger charge is 2.30. The van der Waals surface area contributed by atoms with Crippen LogP contribution in [0.3, 0.4) is 0 Å². The van der Waals surface area contributed by atoms with Gasteiger partial charge in [0.25, 0.3) is 0 Å². The lowest BCUT2D eigenvalue weighted by atomic mass is 9.81. The third-order valence-corrected chi connectivity index (χ3v) is 5.79. The predicted molar refractivity (Wildman–Crippen MR) is 79.5 cm³/mol.